The Morgan fingerprint density at radius 2 is 2.06 bits per heavy atom. The van der Waals surface area contributed by atoms with Gasteiger partial charge >= 0.3 is 5.97 Å². The molecule has 0 fully saturated rings. The molecule has 0 unspecified atom stereocenters. The minimum Gasteiger partial charge on any atom is -0.480 e. The molecule has 0 radical (unpaired) electrons. The van der Waals surface area contributed by atoms with Crippen LogP contribution in [0.5, 0.6) is 0 Å². The zero-order valence-electron chi connectivity index (χ0n) is 9.06. The highest BCUT2D eigenvalue weighted by molar-refractivity contribution is 6.34. The van der Waals surface area contributed by atoms with Crippen LogP contribution in [0, 0.1) is 0 Å². The van der Waals surface area contributed by atoms with Crippen LogP contribution in [-0.2, 0) is 4.79 Å². The summed E-state index contributed by atoms with van der Waals surface area (Å²) in [6.45, 7) is -0.367. The van der Waals surface area contributed by atoms with E-state index in [9.17, 15) is 9.59 Å². The maximum atomic E-state index is 11.7. The van der Waals surface area contributed by atoms with Crippen molar-refractivity contribution in [3.63, 3.8) is 0 Å². The summed E-state index contributed by atoms with van der Waals surface area (Å²) in [5.41, 5.74) is -0.159. The number of aliphatic hydroxyl groups excluding tert-OH is 1. The number of carboxylic acid groups (broad SMARTS) is 1. The molecule has 0 saturated carbocycles. The zero-order chi connectivity index (χ0) is 13.7. The number of carbonyl (C=O) groups excluding carboxylic acids is 1. The molecule has 0 spiro atoms. The van der Waals surface area contributed by atoms with E-state index in [1.807, 2.05) is 0 Å². The van der Waals surface area contributed by atoms with Gasteiger partial charge in [-0.3, -0.25) is 4.79 Å². The SMILES string of the molecule is O=C(N[C@H](CCO)C(=O)O)c1nc(Cl)ccc1Cl. The average Bonchev–Trinajstić information content (AvgIpc) is 2.31. The van der Waals surface area contributed by atoms with Gasteiger partial charge in [-0.15, -0.1) is 0 Å². The number of carbonyl (C=O) groups is 2. The molecule has 6 nitrogen and oxygen atoms in total. The molecule has 1 atom stereocenters. The van der Waals surface area contributed by atoms with E-state index in [1.54, 1.807) is 0 Å². The first kappa shape index (κ1) is 14.7. The van der Waals surface area contributed by atoms with E-state index in [-0.39, 0.29) is 28.9 Å². The number of hydrogen-bond donors (Lipinski definition) is 3. The summed E-state index contributed by atoms with van der Waals surface area (Å²) >= 11 is 11.4. The molecule has 0 bridgehead atoms. The minimum absolute atomic E-state index is 0.0602. The fourth-order valence-corrected chi connectivity index (χ4v) is 1.53. The van der Waals surface area contributed by atoms with Crippen molar-refractivity contribution < 1.29 is 19.8 Å². The monoisotopic (exact) mass is 292 g/mol. The summed E-state index contributed by atoms with van der Waals surface area (Å²) in [6, 6.07) is 1.58. The van der Waals surface area contributed by atoms with Crippen LogP contribution in [0.25, 0.3) is 0 Å². The molecule has 1 aromatic rings. The van der Waals surface area contributed by atoms with Crippen molar-refractivity contribution in [3.05, 3.63) is 28.0 Å². The van der Waals surface area contributed by atoms with Crippen LogP contribution < -0.4 is 5.32 Å². The highest BCUT2D eigenvalue weighted by Crippen LogP contribution is 2.16. The van der Waals surface area contributed by atoms with E-state index in [0.29, 0.717) is 0 Å². The van der Waals surface area contributed by atoms with Crippen molar-refractivity contribution in [2.45, 2.75) is 12.5 Å². The lowest BCUT2D eigenvalue weighted by molar-refractivity contribution is -0.139. The molecule has 1 rings (SSSR count). The number of nitrogens with one attached hydrogen (secondary N) is 1. The fourth-order valence-electron chi connectivity index (χ4n) is 1.19. The second-order valence-electron chi connectivity index (χ2n) is 3.34. The molecule has 1 amide bonds. The summed E-state index contributed by atoms with van der Waals surface area (Å²) in [5, 5.41) is 19.8. The second-order valence-corrected chi connectivity index (χ2v) is 4.14. The van der Waals surface area contributed by atoms with Crippen LogP contribution in [0.15, 0.2) is 12.1 Å². The predicted octanol–water partition coefficient (Wildman–Crippen LogP) is 0.954. The summed E-state index contributed by atoms with van der Waals surface area (Å²) in [6.07, 6.45) is -0.112. The molecule has 98 valence electrons. The van der Waals surface area contributed by atoms with Gasteiger partial charge in [-0.2, -0.15) is 0 Å². The third kappa shape index (κ3) is 3.83. The molecule has 0 aromatic carbocycles. The minimum atomic E-state index is -1.25. The number of halogens is 2. The third-order valence-electron chi connectivity index (χ3n) is 2.05. The number of rotatable bonds is 5. The molecule has 1 aromatic heterocycles. The van der Waals surface area contributed by atoms with Gasteiger partial charge in [-0.05, 0) is 12.1 Å². The number of hydrogen-bond acceptors (Lipinski definition) is 4. The van der Waals surface area contributed by atoms with Crippen molar-refractivity contribution in [1.82, 2.24) is 10.3 Å². The topological polar surface area (TPSA) is 99.5 Å². The number of amides is 1. The van der Waals surface area contributed by atoms with E-state index >= 15 is 0 Å². The van der Waals surface area contributed by atoms with Gasteiger partial charge < -0.3 is 15.5 Å². The van der Waals surface area contributed by atoms with Gasteiger partial charge in [0.05, 0.1) is 5.02 Å². The Balaban J connectivity index is 2.86. The van der Waals surface area contributed by atoms with Gasteiger partial charge in [0.1, 0.15) is 16.9 Å². The standard InChI is InChI=1S/C10H10Cl2N2O4/c11-5-1-2-7(12)14-8(5)9(16)13-6(3-4-15)10(17)18/h1-2,6,15H,3-4H2,(H,13,16)(H,17,18)/t6-/m1/s1. The Kier molecular flexibility index (Phi) is 5.33. The molecular formula is C10H10Cl2N2O4. The van der Waals surface area contributed by atoms with Gasteiger partial charge in [0, 0.05) is 13.0 Å². The summed E-state index contributed by atoms with van der Waals surface area (Å²) in [4.78, 5) is 26.3. The first-order chi connectivity index (χ1) is 8.45. The maximum absolute atomic E-state index is 11.7. The highest BCUT2D eigenvalue weighted by atomic mass is 35.5. The normalized spacial score (nSPS) is 11.9. The molecular weight excluding hydrogens is 283 g/mol. The molecule has 8 heteroatoms. The van der Waals surface area contributed by atoms with Crippen LogP contribution >= 0.6 is 23.2 Å². The predicted molar refractivity (Wildman–Crippen MR) is 64.8 cm³/mol. The Bertz CT molecular complexity index is 467. The summed E-state index contributed by atoms with van der Waals surface area (Å²) < 4.78 is 0. The number of carboxylic acids is 1. The van der Waals surface area contributed by atoms with Crippen molar-refractivity contribution in [1.29, 1.82) is 0 Å². The van der Waals surface area contributed by atoms with E-state index in [0.717, 1.165) is 0 Å². The number of aromatic nitrogens is 1. The lowest BCUT2D eigenvalue weighted by Gasteiger charge is -2.13. The van der Waals surface area contributed by atoms with E-state index < -0.39 is 17.9 Å². The van der Waals surface area contributed by atoms with Crippen molar-refractivity contribution in [2.24, 2.45) is 0 Å². The van der Waals surface area contributed by atoms with Gasteiger partial charge in [-0.25, -0.2) is 9.78 Å². The van der Waals surface area contributed by atoms with Crippen LogP contribution in [0.3, 0.4) is 0 Å². The van der Waals surface area contributed by atoms with Crippen LogP contribution in [0.1, 0.15) is 16.9 Å². The molecule has 0 aliphatic heterocycles. The zero-order valence-corrected chi connectivity index (χ0v) is 10.6. The maximum Gasteiger partial charge on any atom is 0.326 e. The summed E-state index contributed by atoms with van der Waals surface area (Å²) in [7, 11) is 0. The van der Waals surface area contributed by atoms with Crippen LogP contribution in [0.4, 0.5) is 0 Å². The molecule has 0 aliphatic carbocycles. The Labute approximate surface area is 113 Å². The first-order valence-corrected chi connectivity index (χ1v) is 5.68. The third-order valence-corrected chi connectivity index (χ3v) is 2.56. The van der Waals surface area contributed by atoms with Gasteiger partial charge in [-0.1, -0.05) is 23.2 Å². The highest BCUT2D eigenvalue weighted by Gasteiger charge is 2.22. The van der Waals surface area contributed by atoms with E-state index in [1.165, 1.54) is 12.1 Å². The van der Waals surface area contributed by atoms with Crippen molar-refractivity contribution in [3.8, 4) is 0 Å². The quantitative estimate of drug-likeness (QED) is 0.702. The van der Waals surface area contributed by atoms with Gasteiger partial charge in [0.2, 0.25) is 0 Å². The molecule has 3 N–H and O–H groups in total. The van der Waals surface area contributed by atoms with Gasteiger partial charge in [0.25, 0.3) is 5.91 Å². The number of pyridine rings is 1. The second kappa shape index (κ2) is 6.53. The smallest absolute Gasteiger partial charge is 0.326 e. The molecule has 18 heavy (non-hydrogen) atoms. The molecule has 1 heterocycles. The Morgan fingerprint density at radius 1 is 1.39 bits per heavy atom. The average molecular weight is 293 g/mol. The van der Waals surface area contributed by atoms with Gasteiger partial charge in [0.15, 0.2) is 0 Å². The Hall–Kier alpha value is -1.37. The summed E-state index contributed by atoms with van der Waals surface area (Å²) in [5.74, 6) is -2.01. The number of nitrogens with zero attached hydrogens (tertiary/aromatic N) is 1. The van der Waals surface area contributed by atoms with E-state index in [2.05, 4.69) is 10.3 Å². The van der Waals surface area contributed by atoms with Crippen LogP contribution in [0.2, 0.25) is 10.2 Å². The Morgan fingerprint density at radius 3 is 2.61 bits per heavy atom. The molecule has 0 aliphatic rings. The fraction of sp³-hybridized carbons (Fsp3) is 0.300. The lowest BCUT2D eigenvalue weighted by atomic mass is 10.2. The number of aliphatic hydroxyl groups is 1. The first-order valence-electron chi connectivity index (χ1n) is 4.92. The molecule has 0 saturated heterocycles. The van der Waals surface area contributed by atoms with Crippen LogP contribution in [-0.4, -0.2) is 39.7 Å². The number of aliphatic carboxylic acids is 1. The van der Waals surface area contributed by atoms with E-state index in [4.69, 9.17) is 33.4 Å². The largest absolute Gasteiger partial charge is 0.480 e. The lowest BCUT2D eigenvalue weighted by Crippen LogP contribution is -2.41. The van der Waals surface area contributed by atoms with Crippen molar-refractivity contribution >= 4 is 35.1 Å². The van der Waals surface area contributed by atoms with Crippen molar-refractivity contribution in [2.75, 3.05) is 6.61 Å².